The Kier molecular flexibility index (Phi) is 5.13. The zero-order valence-electron chi connectivity index (χ0n) is 14.4. The normalized spacial score (nSPS) is 16.8. The molecule has 2 aromatic heterocycles. The molecule has 1 unspecified atom stereocenters. The zero-order valence-corrected chi connectivity index (χ0v) is 14.4. The first kappa shape index (κ1) is 16.5. The Morgan fingerprint density at radius 1 is 1.29 bits per heavy atom. The van der Waals surface area contributed by atoms with Gasteiger partial charge in [0.15, 0.2) is 5.82 Å². The van der Waals surface area contributed by atoms with Gasteiger partial charge in [-0.15, -0.1) is 5.10 Å². The van der Waals surface area contributed by atoms with Crippen molar-refractivity contribution in [3.05, 3.63) is 42.9 Å². The molecule has 0 aliphatic carbocycles. The maximum atomic E-state index is 12.5. The van der Waals surface area contributed by atoms with Crippen LogP contribution in [-0.2, 0) is 4.79 Å². The third-order valence-electron chi connectivity index (χ3n) is 4.89. The van der Waals surface area contributed by atoms with Gasteiger partial charge in [-0.05, 0) is 44.0 Å². The lowest BCUT2D eigenvalue weighted by Gasteiger charge is -2.37. The number of anilines is 1. The molecule has 0 bridgehead atoms. The molecule has 128 valence electrons. The number of carbonyl (C=O) groups excluding carboxylic acids is 1. The molecule has 0 N–H and O–H groups in total. The van der Waals surface area contributed by atoms with Gasteiger partial charge in [0, 0.05) is 57.2 Å². The van der Waals surface area contributed by atoms with Gasteiger partial charge in [-0.25, -0.2) is 0 Å². The molecule has 0 spiro atoms. The SMILES string of the molecule is CC(CC(=O)N1CCC(N(C)c2cccnn2)CC1)n1cccc1. The van der Waals surface area contributed by atoms with E-state index in [2.05, 4.69) is 33.6 Å². The van der Waals surface area contributed by atoms with Gasteiger partial charge in [-0.2, -0.15) is 5.10 Å². The van der Waals surface area contributed by atoms with Gasteiger partial charge in [0.1, 0.15) is 0 Å². The van der Waals surface area contributed by atoms with Crippen molar-refractivity contribution in [2.45, 2.75) is 38.3 Å². The Hall–Kier alpha value is -2.37. The van der Waals surface area contributed by atoms with Crippen molar-refractivity contribution < 1.29 is 4.79 Å². The lowest BCUT2D eigenvalue weighted by molar-refractivity contribution is -0.132. The summed E-state index contributed by atoms with van der Waals surface area (Å²) in [7, 11) is 2.06. The Bertz CT molecular complexity index is 635. The minimum Gasteiger partial charge on any atom is -0.355 e. The highest BCUT2D eigenvalue weighted by atomic mass is 16.2. The van der Waals surface area contributed by atoms with Crippen LogP contribution in [0.3, 0.4) is 0 Å². The summed E-state index contributed by atoms with van der Waals surface area (Å²) in [6.45, 7) is 3.71. The number of amides is 1. The van der Waals surface area contributed by atoms with Crippen LogP contribution in [0.25, 0.3) is 0 Å². The monoisotopic (exact) mass is 327 g/mol. The minimum absolute atomic E-state index is 0.201. The van der Waals surface area contributed by atoms with Crippen molar-refractivity contribution in [1.82, 2.24) is 19.7 Å². The highest BCUT2D eigenvalue weighted by Crippen LogP contribution is 2.21. The molecule has 0 radical (unpaired) electrons. The molecule has 1 saturated heterocycles. The second kappa shape index (κ2) is 7.47. The fourth-order valence-electron chi connectivity index (χ4n) is 3.30. The summed E-state index contributed by atoms with van der Waals surface area (Å²) in [5, 5.41) is 8.11. The van der Waals surface area contributed by atoms with Gasteiger partial charge in [-0.3, -0.25) is 4.79 Å². The van der Waals surface area contributed by atoms with E-state index in [9.17, 15) is 4.79 Å². The summed E-state index contributed by atoms with van der Waals surface area (Å²) in [4.78, 5) is 16.7. The van der Waals surface area contributed by atoms with E-state index in [-0.39, 0.29) is 11.9 Å². The van der Waals surface area contributed by atoms with Gasteiger partial charge < -0.3 is 14.4 Å². The van der Waals surface area contributed by atoms with Crippen LogP contribution < -0.4 is 4.90 Å². The summed E-state index contributed by atoms with van der Waals surface area (Å²) in [6, 6.07) is 8.48. The number of hydrogen-bond acceptors (Lipinski definition) is 4. The highest BCUT2D eigenvalue weighted by molar-refractivity contribution is 5.76. The van der Waals surface area contributed by atoms with Crippen LogP contribution in [0, 0.1) is 0 Å². The Labute approximate surface area is 143 Å². The van der Waals surface area contributed by atoms with Crippen molar-refractivity contribution in [3.63, 3.8) is 0 Å². The molecular weight excluding hydrogens is 302 g/mol. The number of nitrogens with zero attached hydrogens (tertiary/aromatic N) is 5. The van der Waals surface area contributed by atoms with Crippen LogP contribution in [0.2, 0.25) is 0 Å². The van der Waals surface area contributed by atoms with Crippen molar-refractivity contribution in [3.8, 4) is 0 Å². The van der Waals surface area contributed by atoms with Crippen LogP contribution in [0.4, 0.5) is 5.82 Å². The molecule has 3 rings (SSSR count). The number of aromatic nitrogens is 3. The van der Waals surface area contributed by atoms with E-state index in [4.69, 9.17) is 0 Å². The second-order valence-electron chi connectivity index (χ2n) is 6.49. The summed E-state index contributed by atoms with van der Waals surface area (Å²) in [5.41, 5.74) is 0. The number of likely N-dealkylation sites (tertiary alicyclic amines) is 1. The predicted octanol–water partition coefficient (Wildman–Crippen LogP) is 2.36. The highest BCUT2D eigenvalue weighted by Gasteiger charge is 2.26. The van der Waals surface area contributed by atoms with Crippen LogP contribution in [0.5, 0.6) is 0 Å². The number of hydrogen-bond donors (Lipinski definition) is 0. The van der Waals surface area contributed by atoms with Crippen molar-refractivity contribution in [2.24, 2.45) is 0 Å². The molecule has 6 nitrogen and oxygen atoms in total. The lowest BCUT2D eigenvalue weighted by Crippen LogP contribution is -2.46. The van der Waals surface area contributed by atoms with Crippen LogP contribution >= 0.6 is 0 Å². The lowest BCUT2D eigenvalue weighted by atomic mass is 10.0. The maximum Gasteiger partial charge on any atom is 0.224 e. The fraction of sp³-hybridized carbons (Fsp3) is 0.500. The molecule has 1 aliphatic rings. The zero-order chi connectivity index (χ0) is 16.9. The molecule has 1 aliphatic heterocycles. The molecule has 3 heterocycles. The van der Waals surface area contributed by atoms with E-state index in [0.717, 1.165) is 31.7 Å². The van der Waals surface area contributed by atoms with Crippen LogP contribution in [0.1, 0.15) is 32.2 Å². The van der Waals surface area contributed by atoms with Gasteiger partial charge in [-0.1, -0.05) is 0 Å². The summed E-state index contributed by atoms with van der Waals surface area (Å²) < 4.78 is 2.09. The molecular formula is C18H25N5O. The van der Waals surface area contributed by atoms with E-state index in [1.807, 2.05) is 41.6 Å². The molecule has 1 fully saturated rings. The van der Waals surface area contributed by atoms with E-state index in [0.29, 0.717) is 12.5 Å². The van der Waals surface area contributed by atoms with Crippen LogP contribution in [-0.4, -0.2) is 51.8 Å². The number of rotatable bonds is 5. The average Bonchev–Trinajstić information content (AvgIpc) is 3.17. The van der Waals surface area contributed by atoms with E-state index >= 15 is 0 Å². The maximum absolute atomic E-state index is 12.5. The summed E-state index contributed by atoms with van der Waals surface area (Å²) in [6.07, 6.45) is 8.21. The molecule has 24 heavy (non-hydrogen) atoms. The third-order valence-corrected chi connectivity index (χ3v) is 4.89. The molecule has 0 saturated carbocycles. The summed E-state index contributed by atoms with van der Waals surface area (Å²) >= 11 is 0. The first-order chi connectivity index (χ1) is 11.6. The van der Waals surface area contributed by atoms with E-state index < -0.39 is 0 Å². The first-order valence-electron chi connectivity index (χ1n) is 8.56. The molecule has 1 atom stereocenters. The fourth-order valence-corrected chi connectivity index (χ4v) is 3.30. The van der Waals surface area contributed by atoms with Crippen LogP contribution in [0.15, 0.2) is 42.9 Å². The van der Waals surface area contributed by atoms with Gasteiger partial charge in [0.05, 0.1) is 0 Å². The van der Waals surface area contributed by atoms with E-state index in [1.165, 1.54) is 0 Å². The largest absolute Gasteiger partial charge is 0.355 e. The molecule has 2 aromatic rings. The number of piperidine rings is 1. The minimum atomic E-state index is 0.201. The number of carbonyl (C=O) groups is 1. The first-order valence-corrected chi connectivity index (χ1v) is 8.56. The Morgan fingerprint density at radius 2 is 2.00 bits per heavy atom. The second-order valence-corrected chi connectivity index (χ2v) is 6.49. The standard InChI is InChI=1S/C18H25N5O/c1-15(22-10-3-4-11-22)14-18(24)23-12-7-16(8-13-23)21(2)17-6-5-9-19-20-17/h3-6,9-11,15-16H,7-8,12-14H2,1-2H3. The van der Waals surface area contributed by atoms with Gasteiger partial charge in [0.25, 0.3) is 0 Å². The Balaban J connectivity index is 1.50. The summed E-state index contributed by atoms with van der Waals surface area (Å²) in [5.74, 6) is 1.14. The molecule has 0 aromatic carbocycles. The Morgan fingerprint density at radius 3 is 2.62 bits per heavy atom. The third kappa shape index (κ3) is 3.75. The van der Waals surface area contributed by atoms with E-state index in [1.54, 1.807) is 6.20 Å². The molecule has 6 heteroatoms. The average molecular weight is 327 g/mol. The van der Waals surface area contributed by atoms with Crippen molar-refractivity contribution in [2.75, 3.05) is 25.0 Å². The van der Waals surface area contributed by atoms with Gasteiger partial charge >= 0.3 is 0 Å². The van der Waals surface area contributed by atoms with Crippen molar-refractivity contribution >= 4 is 11.7 Å². The van der Waals surface area contributed by atoms with Crippen molar-refractivity contribution in [1.29, 1.82) is 0 Å². The van der Waals surface area contributed by atoms with Gasteiger partial charge in [0.2, 0.25) is 5.91 Å². The predicted molar refractivity (Wildman–Crippen MR) is 93.8 cm³/mol. The molecule has 1 amide bonds. The topological polar surface area (TPSA) is 54.3 Å². The smallest absolute Gasteiger partial charge is 0.224 e. The quantitative estimate of drug-likeness (QED) is 0.846.